The molecule has 0 saturated carbocycles. The van der Waals surface area contributed by atoms with E-state index < -0.39 is 24.5 Å². The van der Waals surface area contributed by atoms with Gasteiger partial charge in [-0.05, 0) is 28.8 Å². The van der Waals surface area contributed by atoms with Crippen LogP contribution in [0.3, 0.4) is 0 Å². The smallest absolute Gasteiger partial charge is 0.322 e. The minimum atomic E-state index is -4.34. The van der Waals surface area contributed by atoms with Crippen molar-refractivity contribution in [2.24, 2.45) is 5.73 Å². The molecule has 0 aromatic heterocycles. The maximum absolute atomic E-state index is 12.5. The van der Waals surface area contributed by atoms with Crippen molar-refractivity contribution in [3.8, 4) is 11.1 Å². The summed E-state index contributed by atoms with van der Waals surface area (Å²) in [5, 5.41) is 0. The van der Waals surface area contributed by atoms with E-state index in [0.29, 0.717) is 11.1 Å². The molecule has 0 unspecified atom stereocenters. The number of halogens is 5. The monoisotopic (exact) mass is 319 g/mol. The molecule has 0 bridgehead atoms. The lowest BCUT2D eigenvalue weighted by Gasteiger charge is -2.10. The Balaban J connectivity index is 0.00000220. The fourth-order valence-corrected chi connectivity index (χ4v) is 1.86. The molecule has 2 rings (SSSR count). The summed E-state index contributed by atoms with van der Waals surface area (Å²) in [7, 11) is 0. The summed E-state index contributed by atoms with van der Waals surface area (Å²) in [6.45, 7) is -0.653. The number of nitrogens with two attached hydrogens (primary N) is 1. The Morgan fingerprint density at radius 1 is 0.857 bits per heavy atom. The van der Waals surface area contributed by atoms with Crippen molar-refractivity contribution in [2.45, 2.75) is 12.2 Å². The van der Waals surface area contributed by atoms with E-state index >= 15 is 0 Å². The first-order valence-corrected chi connectivity index (χ1v) is 6.01. The van der Waals surface area contributed by atoms with Gasteiger partial charge in [-0.25, -0.2) is 4.39 Å². The normalized spacial score (nSPS) is 12.6. The number of hydrogen-bond acceptors (Lipinski definition) is 1. The standard InChI is InChI=1S/C15H13F4N.ClH/c16-9-14(20)12-3-1-10(2-4-12)11-5-7-13(8-6-11)15(17,18)19;/h1-8,14H,9,20H2;1H/t14-;/m1./s1. The first-order valence-electron chi connectivity index (χ1n) is 6.01. The zero-order valence-electron chi connectivity index (χ0n) is 10.9. The van der Waals surface area contributed by atoms with Gasteiger partial charge in [0.2, 0.25) is 0 Å². The van der Waals surface area contributed by atoms with E-state index in [0.717, 1.165) is 17.7 Å². The number of hydrogen-bond donors (Lipinski definition) is 1. The van der Waals surface area contributed by atoms with Gasteiger partial charge in [0.05, 0.1) is 11.6 Å². The zero-order valence-corrected chi connectivity index (χ0v) is 11.7. The van der Waals surface area contributed by atoms with E-state index in [1.807, 2.05) is 0 Å². The van der Waals surface area contributed by atoms with Crippen LogP contribution in [0.15, 0.2) is 48.5 Å². The Kier molecular flexibility index (Phi) is 5.75. The minimum absolute atomic E-state index is 0. The molecule has 0 spiro atoms. The van der Waals surface area contributed by atoms with E-state index in [4.69, 9.17) is 5.73 Å². The van der Waals surface area contributed by atoms with E-state index in [1.165, 1.54) is 12.1 Å². The first kappa shape index (κ1) is 17.5. The molecule has 1 atom stereocenters. The summed E-state index contributed by atoms with van der Waals surface area (Å²) in [6, 6.07) is 11.0. The Bertz CT molecular complexity index is 564. The molecule has 0 aliphatic heterocycles. The lowest BCUT2D eigenvalue weighted by molar-refractivity contribution is -0.137. The maximum Gasteiger partial charge on any atom is 0.416 e. The van der Waals surface area contributed by atoms with Gasteiger partial charge in [-0.1, -0.05) is 36.4 Å². The topological polar surface area (TPSA) is 26.0 Å². The van der Waals surface area contributed by atoms with Crippen molar-refractivity contribution in [1.82, 2.24) is 0 Å². The molecular weight excluding hydrogens is 306 g/mol. The molecule has 6 heteroatoms. The van der Waals surface area contributed by atoms with E-state index in [-0.39, 0.29) is 12.4 Å². The van der Waals surface area contributed by atoms with E-state index in [1.54, 1.807) is 24.3 Å². The molecule has 0 aliphatic carbocycles. The zero-order chi connectivity index (χ0) is 14.8. The summed E-state index contributed by atoms with van der Waals surface area (Å²) in [5.74, 6) is 0. The van der Waals surface area contributed by atoms with Crippen molar-refractivity contribution < 1.29 is 17.6 Å². The van der Waals surface area contributed by atoms with Crippen LogP contribution in [-0.4, -0.2) is 6.67 Å². The van der Waals surface area contributed by atoms with Crippen LogP contribution in [0, 0.1) is 0 Å². The number of alkyl halides is 4. The molecule has 114 valence electrons. The summed E-state index contributed by atoms with van der Waals surface area (Å²) in [5.41, 5.74) is 6.95. The van der Waals surface area contributed by atoms with Crippen molar-refractivity contribution in [1.29, 1.82) is 0 Å². The van der Waals surface area contributed by atoms with Gasteiger partial charge in [-0.15, -0.1) is 12.4 Å². The lowest BCUT2D eigenvalue weighted by atomic mass is 10.0. The van der Waals surface area contributed by atoms with Crippen LogP contribution in [-0.2, 0) is 6.18 Å². The third kappa shape index (κ3) is 4.19. The lowest BCUT2D eigenvalue weighted by Crippen LogP contribution is -2.11. The largest absolute Gasteiger partial charge is 0.416 e. The average Bonchev–Trinajstić information content (AvgIpc) is 2.46. The van der Waals surface area contributed by atoms with Gasteiger partial charge in [-0.2, -0.15) is 13.2 Å². The average molecular weight is 320 g/mol. The van der Waals surface area contributed by atoms with Crippen LogP contribution in [0.2, 0.25) is 0 Å². The van der Waals surface area contributed by atoms with Crippen LogP contribution < -0.4 is 5.73 Å². The second-order valence-electron chi connectivity index (χ2n) is 4.46. The Morgan fingerprint density at radius 3 is 1.67 bits per heavy atom. The highest BCUT2D eigenvalue weighted by molar-refractivity contribution is 5.85. The molecule has 2 aromatic rings. The molecule has 2 N–H and O–H groups in total. The van der Waals surface area contributed by atoms with Crippen LogP contribution in [0.5, 0.6) is 0 Å². The number of benzene rings is 2. The van der Waals surface area contributed by atoms with Gasteiger partial charge < -0.3 is 5.73 Å². The van der Waals surface area contributed by atoms with Gasteiger partial charge in [-0.3, -0.25) is 0 Å². The van der Waals surface area contributed by atoms with Crippen molar-refractivity contribution in [3.05, 3.63) is 59.7 Å². The summed E-state index contributed by atoms with van der Waals surface area (Å²) in [4.78, 5) is 0. The molecule has 0 saturated heterocycles. The van der Waals surface area contributed by atoms with Crippen molar-refractivity contribution in [2.75, 3.05) is 6.67 Å². The molecule has 1 nitrogen and oxygen atoms in total. The van der Waals surface area contributed by atoms with Gasteiger partial charge in [0.15, 0.2) is 0 Å². The van der Waals surface area contributed by atoms with Crippen LogP contribution in [0.4, 0.5) is 17.6 Å². The van der Waals surface area contributed by atoms with Crippen molar-refractivity contribution >= 4 is 12.4 Å². The predicted octanol–water partition coefficient (Wildman–Crippen LogP) is 4.76. The fraction of sp³-hybridized carbons (Fsp3) is 0.200. The summed E-state index contributed by atoms with van der Waals surface area (Å²) >= 11 is 0. The number of rotatable bonds is 3. The van der Waals surface area contributed by atoms with Gasteiger partial charge in [0.1, 0.15) is 6.67 Å². The van der Waals surface area contributed by atoms with Crippen LogP contribution in [0.1, 0.15) is 17.2 Å². The second kappa shape index (κ2) is 6.91. The SMILES string of the molecule is Cl.N[C@H](CF)c1ccc(-c2ccc(C(F)(F)F)cc2)cc1. The highest BCUT2D eigenvalue weighted by Gasteiger charge is 2.29. The summed E-state index contributed by atoms with van der Waals surface area (Å²) in [6.07, 6.45) is -4.34. The highest BCUT2D eigenvalue weighted by Crippen LogP contribution is 2.31. The quantitative estimate of drug-likeness (QED) is 0.811. The Hall–Kier alpha value is -1.59. The minimum Gasteiger partial charge on any atom is -0.322 e. The Morgan fingerprint density at radius 2 is 1.29 bits per heavy atom. The van der Waals surface area contributed by atoms with Gasteiger partial charge in [0, 0.05) is 0 Å². The third-order valence-corrected chi connectivity index (χ3v) is 3.05. The van der Waals surface area contributed by atoms with Crippen molar-refractivity contribution in [3.63, 3.8) is 0 Å². The molecule has 0 radical (unpaired) electrons. The molecule has 21 heavy (non-hydrogen) atoms. The maximum atomic E-state index is 12.5. The van der Waals surface area contributed by atoms with Gasteiger partial charge in [0.25, 0.3) is 0 Å². The first-order chi connectivity index (χ1) is 9.41. The van der Waals surface area contributed by atoms with E-state index in [2.05, 4.69) is 0 Å². The van der Waals surface area contributed by atoms with Crippen LogP contribution in [0.25, 0.3) is 11.1 Å². The van der Waals surface area contributed by atoms with Gasteiger partial charge >= 0.3 is 6.18 Å². The molecular formula is C15H14ClF4N. The molecule has 0 heterocycles. The second-order valence-corrected chi connectivity index (χ2v) is 4.46. The fourth-order valence-electron chi connectivity index (χ4n) is 1.86. The molecule has 0 fully saturated rings. The predicted molar refractivity (Wildman–Crippen MR) is 77.0 cm³/mol. The third-order valence-electron chi connectivity index (χ3n) is 3.05. The van der Waals surface area contributed by atoms with Crippen LogP contribution >= 0.6 is 12.4 Å². The molecule has 0 amide bonds. The highest BCUT2D eigenvalue weighted by atomic mass is 35.5. The molecule has 2 aromatic carbocycles. The Labute approximate surface area is 126 Å². The summed E-state index contributed by atoms with van der Waals surface area (Å²) < 4.78 is 49.8. The van der Waals surface area contributed by atoms with E-state index in [9.17, 15) is 17.6 Å². The molecule has 0 aliphatic rings.